The first-order valence-corrected chi connectivity index (χ1v) is 10.1. The van der Waals surface area contributed by atoms with E-state index in [0.29, 0.717) is 6.04 Å². The van der Waals surface area contributed by atoms with Crippen molar-refractivity contribution >= 4 is 17.7 Å². The number of fused-ring (bicyclic) bond motifs is 2. The lowest BCUT2D eigenvalue weighted by Gasteiger charge is -2.31. The molecule has 5 atom stereocenters. The third-order valence-corrected chi connectivity index (χ3v) is 7.30. The lowest BCUT2D eigenvalue weighted by atomic mass is 9.84. The molecule has 0 aliphatic heterocycles. The number of thioether (sulfide) groups is 1. The van der Waals surface area contributed by atoms with Gasteiger partial charge in [-0.15, -0.1) is 0 Å². The number of aromatic nitrogens is 2. The molecule has 0 saturated heterocycles. The zero-order valence-corrected chi connectivity index (χ0v) is 16.7. The monoisotopic (exact) mass is 349 g/mol. The SMILES string of the molecule is Cc1nc(SC(C)C(=O)N(C)C)n(C(C)C2CC3CCC2C3)c1C. The minimum atomic E-state index is -0.104. The van der Waals surface area contributed by atoms with Gasteiger partial charge < -0.3 is 9.47 Å². The molecule has 24 heavy (non-hydrogen) atoms. The molecule has 2 saturated carbocycles. The van der Waals surface area contributed by atoms with E-state index in [1.54, 1.807) is 16.7 Å². The molecule has 1 heterocycles. The van der Waals surface area contributed by atoms with Crippen LogP contribution in [-0.4, -0.2) is 39.7 Å². The van der Waals surface area contributed by atoms with Crippen LogP contribution < -0.4 is 0 Å². The molecule has 0 radical (unpaired) electrons. The van der Waals surface area contributed by atoms with Crippen molar-refractivity contribution in [2.75, 3.05) is 14.1 Å². The maximum Gasteiger partial charge on any atom is 0.235 e. The van der Waals surface area contributed by atoms with Crippen LogP contribution in [0.5, 0.6) is 0 Å². The van der Waals surface area contributed by atoms with E-state index in [2.05, 4.69) is 25.3 Å². The first-order chi connectivity index (χ1) is 11.3. The van der Waals surface area contributed by atoms with Gasteiger partial charge in [-0.3, -0.25) is 4.79 Å². The second-order valence-electron chi connectivity index (χ2n) is 8.01. The molecule has 0 N–H and O–H groups in total. The number of rotatable bonds is 5. The highest BCUT2D eigenvalue weighted by molar-refractivity contribution is 8.00. The van der Waals surface area contributed by atoms with Gasteiger partial charge in [0.15, 0.2) is 5.16 Å². The highest BCUT2D eigenvalue weighted by atomic mass is 32.2. The summed E-state index contributed by atoms with van der Waals surface area (Å²) in [6.45, 7) is 8.61. The summed E-state index contributed by atoms with van der Waals surface area (Å²) in [6.07, 6.45) is 5.65. The molecule has 1 amide bonds. The van der Waals surface area contributed by atoms with Gasteiger partial charge in [0.05, 0.1) is 10.9 Å². The van der Waals surface area contributed by atoms with Gasteiger partial charge in [0, 0.05) is 25.8 Å². The molecule has 134 valence electrons. The third kappa shape index (κ3) is 3.12. The molecular weight excluding hydrogens is 318 g/mol. The number of carbonyl (C=O) groups is 1. The number of hydrogen-bond donors (Lipinski definition) is 0. The Kier molecular flexibility index (Phi) is 5.01. The summed E-state index contributed by atoms with van der Waals surface area (Å²) < 4.78 is 2.42. The third-order valence-electron chi connectivity index (χ3n) is 6.24. The molecule has 5 unspecified atom stereocenters. The molecule has 1 aromatic rings. The van der Waals surface area contributed by atoms with Gasteiger partial charge >= 0.3 is 0 Å². The molecule has 2 bridgehead atoms. The molecule has 5 heteroatoms. The fourth-order valence-corrected chi connectivity index (χ4v) is 6.04. The highest BCUT2D eigenvalue weighted by Crippen LogP contribution is 2.52. The molecular formula is C19H31N3OS. The summed E-state index contributed by atoms with van der Waals surface area (Å²) in [6, 6.07) is 0.477. The van der Waals surface area contributed by atoms with Crippen LogP contribution in [0, 0.1) is 31.6 Å². The Hall–Kier alpha value is -0.970. The van der Waals surface area contributed by atoms with E-state index in [1.807, 2.05) is 21.0 Å². The van der Waals surface area contributed by atoms with Gasteiger partial charge in [0.1, 0.15) is 0 Å². The van der Waals surface area contributed by atoms with E-state index in [4.69, 9.17) is 4.98 Å². The molecule has 2 aliphatic carbocycles. The number of amides is 1. The van der Waals surface area contributed by atoms with Crippen molar-refractivity contribution in [3.63, 3.8) is 0 Å². The van der Waals surface area contributed by atoms with Crippen molar-refractivity contribution in [2.45, 2.75) is 69.8 Å². The Morgan fingerprint density at radius 2 is 1.96 bits per heavy atom. The minimum absolute atomic E-state index is 0.104. The summed E-state index contributed by atoms with van der Waals surface area (Å²) in [4.78, 5) is 18.7. The summed E-state index contributed by atoms with van der Waals surface area (Å²) in [5.41, 5.74) is 2.36. The van der Waals surface area contributed by atoms with Crippen LogP contribution in [0.1, 0.15) is 57.0 Å². The van der Waals surface area contributed by atoms with E-state index in [0.717, 1.165) is 28.6 Å². The largest absolute Gasteiger partial charge is 0.348 e. The van der Waals surface area contributed by atoms with Crippen molar-refractivity contribution in [2.24, 2.45) is 17.8 Å². The van der Waals surface area contributed by atoms with E-state index >= 15 is 0 Å². The summed E-state index contributed by atoms with van der Waals surface area (Å²) in [5.74, 6) is 2.77. The Bertz CT molecular complexity index is 624. The first kappa shape index (κ1) is 17.8. The predicted molar refractivity (Wildman–Crippen MR) is 99.4 cm³/mol. The second-order valence-corrected chi connectivity index (χ2v) is 9.32. The molecule has 1 aromatic heterocycles. The zero-order valence-electron chi connectivity index (χ0n) is 15.9. The Balaban J connectivity index is 1.83. The zero-order chi connectivity index (χ0) is 17.6. The maximum atomic E-state index is 12.2. The fraction of sp³-hybridized carbons (Fsp3) is 0.789. The van der Waals surface area contributed by atoms with E-state index in [-0.39, 0.29) is 11.2 Å². The first-order valence-electron chi connectivity index (χ1n) is 9.22. The van der Waals surface area contributed by atoms with Crippen molar-refractivity contribution in [1.82, 2.24) is 14.5 Å². The number of hydrogen-bond acceptors (Lipinski definition) is 3. The van der Waals surface area contributed by atoms with Crippen molar-refractivity contribution in [3.05, 3.63) is 11.4 Å². The van der Waals surface area contributed by atoms with Gasteiger partial charge in [0.25, 0.3) is 0 Å². The van der Waals surface area contributed by atoms with Crippen LogP contribution in [0.4, 0.5) is 0 Å². The molecule has 2 fully saturated rings. The molecule has 0 spiro atoms. The van der Waals surface area contributed by atoms with Crippen LogP contribution in [0.15, 0.2) is 5.16 Å². The maximum absolute atomic E-state index is 12.2. The predicted octanol–water partition coefficient (Wildman–Crippen LogP) is 4.07. The fourth-order valence-electron chi connectivity index (χ4n) is 4.81. The van der Waals surface area contributed by atoms with Crippen LogP contribution >= 0.6 is 11.8 Å². The van der Waals surface area contributed by atoms with Crippen molar-refractivity contribution in [1.29, 1.82) is 0 Å². The van der Waals surface area contributed by atoms with E-state index < -0.39 is 0 Å². The van der Waals surface area contributed by atoms with Crippen LogP contribution in [0.2, 0.25) is 0 Å². The lowest BCUT2D eigenvalue weighted by Crippen LogP contribution is -2.30. The molecule has 2 aliphatic rings. The Morgan fingerprint density at radius 3 is 2.50 bits per heavy atom. The van der Waals surface area contributed by atoms with E-state index in [9.17, 15) is 4.79 Å². The lowest BCUT2D eigenvalue weighted by molar-refractivity contribution is -0.127. The van der Waals surface area contributed by atoms with Crippen molar-refractivity contribution < 1.29 is 4.79 Å². The van der Waals surface area contributed by atoms with Gasteiger partial charge in [0.2, 0.25) is 5.91 Å². The van der Waals surface area contributed by atoms with E-state index in [1.165, 1.54) is 31.4 Å². The van der Waals surface area contributed by atoms with Crippen LogP contribution in [-0.2, 0) is 4.79 Å². The highest BCUT2D eigenvalue weighted by Gasteiger charge is 2.43. The van der Waals surface area contributed by atoms with Gasteiger partial charge in [-0.05, 0) is 64.7 Å². The summed E-state index contributed by atoms with van der Waals surface area (Å²) in [7, 11) is 3.64. The van der Waals surface area contributed by atoms with Gasteiger partial charge in [-0.25, -0.2) is 4.98 Å². The smallest absolute Gasteiger partial charge is 0.235 e. The van der Waals surface area contributed by atoms with Crippen molar-refractivity contribution in [3.8, 4) is 0 Å². The average molecular weight is 350 g/mol. The second kappa shape index (κ2) is 6.74. The van der Waals surface area contributed by atoms with Crippen LogP contribution in [0.25, 0.3) is 0 Å². The number of aryl methyl sites for hydroxylation is 1. The summed E-state index contributed by atoms with van der Waals surface area (Å²) >= 11 is 1.61. The Labute approximate surface area is 150 Å². The van der Waals surface area contributed by atoms with Gasteiger partial charge in [-0.1, -0.05) is 18.2 Å². The Morgan fingerprint density at radius 1 is 1.25 bits per heavy atom. The normalized spacial score (nSPS) is 28.2. The minimum Gasteiger partial charge on any atom is -0.348 e. The molecule has 0 aromatic carbocycles. The quantitative estimate of drug-likeness (QED) is 0.752. The summed E-state index contributed by atoms with van der Waals surface area (Å²) in [5, 5.41) is 0.912. The van der Waals surface area contributed by atoms with Crippen LogP contribution in [0.3, 0.4) is 0 Å². The number of carbonyl (C=O) groups excluding carboxylic acids is 1. The standard InChI is InChI=1S/C19H31N3OS/c1-11-12(2)22(13(3)17-10-15-7-8-16(17)9-15)19(20-11)24-14(4)18(23)21(5)6/h13-17H,7-10H2,1-6H3. The average Bonchev–Trinajstić information content (AvgIpc) is 3.22. The van der Waals surface area contributed by atoms with Gasteiger partial charge in [-0.2, -0.15) is 0 Å². The molecule has 4 nitrogen and oxygen atoms in total. The molecule has 3 rings (SSSR count). The number of nitrogens with zero attached hydrogens (tertiary/aromatic N) is 3. The topological polar surface area (TPSA) is 38.1 Å². The number of imidazole rings is 1.